The van der Waals surface area contributed by atoms with Gasteiger partial charge >= 0.3 is 0 Å². The number of benzene rings is 1. The Bertz CT molecular complexity index is 351. The summed E-state index contributed by atoms with van der Waals surface area (Å²) in [5.41, 5.74) is 1.96. The van der Waals surface area contributed by atoms with E-state index in [0.29, 0.717) is 12.6 Å². The molecule has 3 nitrogen and oxygen atoms in total. The van der Waals surface area contributed by atoms with E-state index in [1.807, 2.05) is 13.1 Å². The van der Waals surface area contributed by atoms with Crippen LogP contribution in [0.25, 0.3) is 0 Å². The molecular formula is C11H15NO2. The van der Waals surface area contributed by atoms with Crippen molar-refractivity contribution < 1.29 is 10.2 Å². The van der Waals surface area contributed by atoms with Gasteiger partial charge in [-0.15, -0.1) is 0 Å². The highest BCUT2D eigenvalue weighted by Gasteiger charge is 2.26. The van der Waals surface area contributed by atoms with Crippen molar-refractivity contribution in [2.75, 3.05) is 13.6 Å². The highest BCUT2D eigenvalue weighted by atomic mass is 16.3. The number of phenolic OH excluding ortho intramolecular Hbond substituents is 1. The van der Waals surface area contributed by atoms with Crippen LogP contribution in [-0.4, -0.2) is 28.7 Å². The first-order valence-electron chi connectivity index (χ1n) is 4.80. The molecule has 1 aromatic carbocycles. The van der Waals surface area contributed by atoms with Gasteiger partial charge in [-0.05, 0) is 37.2 Å². The normalized spacial score (nSPS) is 27.4. The second kappa shape index (κ2) is 3.26. The number of rotatable bonds is 0. The number of hydrogen-bond donors (Lipinski definition) is 2. The van der Waals surface area contributed by atoms with E-state index in [9.17, 15) is 10.2 Å². The molecular weight excluding hydrogens is 178 g/mol. The number of β-amino-alcohol motifs (C(OH)–C–C–N with tert-alkyl or cyclic N) is 1. The standard InChI is InChI=1S/C11H15NO2/c1-7-9-4-3-8(13)5-10(9)11(14)6-12(7)2/h3-5,7,11,13-14H,6H2,1-2H3. The molecule has 1 aliphatic rings. The average molecular weight is 193 g/mol. The van der Waals surface area contributed by atoms with Crippen molar-refractivity contribution in [3.05, 3.63) is 29.3 Å². The molecule has 0 saturated heterocycles. The van der Waals surface area contributed by atoms with Crippen molar-refractivity contribution in [3.63, 3.8) is 0 Å². The van der Waals surface area contributed by atoms with Crippen LogP contribution in [0.3, 0.4) is 0 Å². The first kappa shape index (κ1) is 9.49. The van der Waals surface area contributed by atoms with Gasteiger partial charge < -0.3 is 10.2 Å². The molecule has 76 valence electrons. The number of aliphatic hydroxyl groups excluding tert-OH is 1. The maximum atomic E-state index is 9.82. The van der Waals surface area contributed by atoms with E-state index >= 15 is 0 Å². The van der Waals surface area contributed by atoms with E-state index in [2.05, 4.69) is 11.8 Å². The lowest BCUT2D eigenvalue weighted by molar-refractivity contribution is 0.0888. The van der Waals surface area contributed by atoms with Crippen molar-refractivity contribution >= 4 is 0 Å². The molecule has 0 bridgehead atoms. The van der Waals surface area contributed by atoms with E-state index in [0.717, 1.165) is 11.1 Å². The Balaban J connectivity index is 2.50. The Morgan fingerprint density at radius 3 is 2.79 bits per heavy atom. The fourth-order valence-corrected chi connectivity index (χ4v) is 2.00. The third-order valence-electron chi connectivity index (χ3n) is 3.00. The van der Waals surface area contributed by atoms with Gasteiger partial charge in [0, 0.05) is 12.6 Å². The third-order valence-corrected chi connectivity index (χ3v) is 3.00. The lowest BCUT2D eigenvalue weighted by Crippen LogP contribution is -2.33. The van der Waals surface area contributed by atoms with Gasteiger partial charge in [0.1, 0.15) is 5.75 Å². The molecule has 2 unspecified atom stereocenters. The number of fused-ring (bicyclic) bond motifs is 1. The molecule has 0 amide bonds. The number of hydrogen-bond acceptors (Lipinski definition) is 3. The number of aromatic hydroxyl groups is 1. The minimum atomic E-state index is -0.488. The van der Waals surface area contributed by atoms with Crippen LogP contribution in [0.2, 0.25) is 0 Å². The molecule has 2 rings (SSSR count). The maximum absolute atomic E-state index is 9.82. The van der Waals surface area contributed by atoms with Gasteiger partial charge in [-0.1, -0.05) is 6.07 Å². The highest BCUT2D eigenvalue weighted by Crippen LogP contribution is 2.35. The summed E-state index contributed by atoms with van der Waals surface area (Å²) in [5.74, 6) is 0.222. The summed E-state index contributed by atoms with van der Waals surface area (Å²) in [6.45, 7) is 2.72. The first-order chi connectivity index (χ1) is 6.59. The molecule has 1 heterocycles. The summed E-state index contributed by atoms with van der Waals surface area (Å²) in [6, 6.07) is 5.51. The van der Waals surface area contributed by atoms with Gasteiger partial charge in [-0.3, -0.25) is 4.90 Å². The molecule has 1 aromatic rings. The third kappa shape index (κ3) is 1.38. The van der Waals surface area contributed by atoms with E-state index in [-0.39, 0.29) is 5.75 Å². The van der Waals surface area contributed by atoms with E-state index in [4.69, 9.17) is 0 Å². The molecule has 0 fully saturated rings. The Labute approximate surface area is 83.6 Å². The Morgan fingerprint density at radius 2 is 2.07 bits per heavy atom. The van der Waals surface area contributed by atoms with Gasteiger partial charge in [0.15, 0.2) is 0 Å². The largest absolute Gasteiger partial charge is 0.508 e. The van der Waals surface area contributed by atoms with Crippen LogP contribution in [0.15, 0.2) is 18.2 Å². The van der Waals surface area contributed by atoms with Crippen molar-refractivity contribution in [2.24, 2.45) is 0 Å². The topological polar surface area (TPSA) is 43.7 Å². The molecule has 14 heavy (non-hydrogen) atoms. The van der Waals surface area contributed by atoms with Gasteiger partial charge in [-0.2, -0.15) is 0 Å². The second-order valence-electron chi connectivity index (χ2n) is 3.94. The van der Waals surface area contributed by atoms with Crippen LogP contribution in [0, 0.1) is 0 Å². The van der Waals surface area contributed by atoms with Crippen LogP contribution in [-0.2, 0) is 0 Å². The van der Waals surface area contributed by atoms with E-state index < -0.39 is 6.10 Å². The molecule has 0 spiro atoms. The second-order valence-corrected chi connectivity index (χ2v) is 3.94. The molecule has 0 aliphatic carbocycles. The first-order valence-corrected chi connectivity index (χ1v) is 4.80. The zero-order chi connectivity index (χ0) is 10.3. The Hall–Kier alpha value is -1.06. The fraction of sp³-hybridized carbons (Fsp3) is 0.455. The van der Waals surface area contributed by atoms with E-state index in [1.165, 1.54) is 0 Å². The van der Waals surface area contributed by atoms with Crippen LogP contribution < -0.4 is 0 Å². The van der Waals surface area contributed by atoms with Crippen LogP contribution >= 0.6 is 0 Å². The molecule has 2 N–H and O–H groups in total. The fourth-order valence-electron chi connectivity index (χ4n) is 2.00. The number of likely N-dealkylation sites (N-methyl/N-ethyl adjacent to an activating group) is 1. The maximum Gasteiger partial charge on any atom is 0.115 e. The van der Waals surface area contributed by atoms with Gasteiger partial charge in [0.05, 0.1) is 6.10 Å². The quantitative estimate of drug-likeness (QED) is 0.655. The van der Waals surface area contributed by atoms with E-state index in [1.54, 1.807) is 12.1 Å². The average Bonchev–Trinajstić information content (AvgIpc) is 2.14. The molecule has 2 atom stereocenters. The zero-order valence-electron chi connectivity index (χ0n) is 8.44. The van der Waals surface area contributed by atoms with Crippen molar-refractivity contribution in [1.82, 2.24) is 4.90 Å². The number of phenols is 1. The molecule has 1 aliphatic heterocycles. The predicted octanol–water partition coefficient (Wildman–Crippen LogP) is 1.43. The SMILES string of the molecule is CC1c2ccc(O)cc2C(O)CN1C. The minimum absolute atomic E-state index is 0.222. The van der Waals surface area contributed by atoms with Gasteiger partial charge in [0.2, 0.25) is 0 Å². The minimum Gasteiger partial charge on any atom is -0.508 e. The molecule has 0 saturated carbocycles. The number of nitrogens with zero attached hydrogens (tertiary/aromatic N) is 1. The smallest absolute Gasteiger partial charge is 0.115 e. The zero-order valence-corrected chi connectivity index (χ0v) is 8.44. The Morgan fingerprint density at radius 1 is 1.36 bits per heavy atom. The molecule has 0 radical (unpaired) electrons. The van der Waals surface area contributed by atoms with Crippen molar-refractivity contribution in [3.8, 4) is 5.75 Å². The molecule has 3 heteroatoms. The van der Waals surface area contributed by atoms with Crippen molar-refractivity contribution in [2.45, 2.75) is 19.1 Å². The van der Waals surface area contributed by atoms with Crippen molar-refractivity contribution in [1.29, 1.82) is 0 Å². The lowest BCUT2D eigenvalue weighted by atomic mass is 9.92. The lowest BCUT2D eigenvalue weighted by Gasteiger charge is -2.35. The van der Waals surface area contributed by atoms with Crippen LogP contribution in [0.4, 0.5) is 0 Å². The summed E-state index contributed by atoms with van der Waals surface area (Å²) < 4.78 is 0. The van der Waals surface area contributed by atoms with Gasteiger partial charge in [0.25, 0.3) is 0 Å². The van der Waals surface area contributed by atoms with Gasteiger partial charge in [-0.25, -0.2) is 0 Å². The summed E-state index contributed by atoms with van der Waals surface area (Å²) >= 11 is 0. The van der Waals surface area contributed by atoms with Crippen LogP contribution in [0.1, 0.15) is 30.2 Å². The number of aliphatic hydroxyl groups is 1. The summed E-state index contributed by atoms with van der Waals surface area (Å²) in [6.07, 6.45) is -0.488. The predicted molar refractivity (Wildman–Crippen MR) is 54.1 cm³/mol. The Kier molecular flexibility index (Phi) is 2.21. The molecule has 0 aromatic heterocycles. The summed E-state index contributed by atoms with van der Waals surface area (Å²) in [4.78, 5) is 2.10. The summed E-state index contributed by atoms with van der Waals surface area (Å²) in [5, 5.41) is 19.2. The summed E-state index contributed by atoms with van der Waals surface area (Å²) in [7, 11) is 1.99. The monoisotopic (exact) mass is 193 g/mol. The highest BCUT2D eigenvalue weighted by molar-refractivity contribution is 5.39. The van der Waals surface area contributed by atoms with Crippen LogP contribution in [0.5, 0.6) is 5.75 Å².